The van der Waals surface area contributed by atoms with E-state index in [0.717, 1.165) is 12.0 Å². The van der Waals surface area contributed by atoms with Gasteiger partial charge in [0.1, 0.15) is 5.67 Å². The van der Waals surface area contributed by atoms with E-state index < -0.39 is 5.67 Å². The lowest BCUT2D eigenvalue weighted by Gasteiger charge is -2.41. The Morgan fingerprint density at radius 1 is 1.29 bits per heavy atom. The van der Waals surface area contributed by atoms with Crippen molar-refractivity contribution in [1.29, 1.82) is 0 Å². The highest BCUT2D eigenvalue weighted by Crippen LogP contribution is 2.50. The Morgan fingerprint density at radius 3 is 2.36 bits per heavy atom. The Morgan fingerprint density at radius 2 is 1.86 bits per heavy atom. The Kier molecular flexibility index (Phi) is 2.34. The van der Waals surface area contributed by atoms with Crippen molar-refractivity contribution in [2.45, 2.75) is 38.8 Å². The summed E-state index contributed by atoms with van der Waals surface area (Å²) < 4.78 is 14.2. The molecule has 0 unspecified atom stereocenters. The summed E-state index contributed by atoms with van der Waals surface area (Å²) in [6.45, 7) is 4.17. The molecule has 1 fully saturated rings. The first-order chi connectivity index (χ1) is 6.64. The normalized spacial score (nSPS) is 31.2. The second kappa shape index (κ2) is 3.38. The molecule has 1 heteroatoms. The maximum absolute atomic E-state index is 14.2. The molecule has 0 saturated heterocycles. The van der Waals surface area contributed by atoms with E-state index in [1.807, 2.05) is 31.2 Å². The van der Waals surface area contributed by atoms with Crippen molar-refractivity contribution in [1.82, 2.24) is 0 Å². The maximum atomic E-state index is 14.2. The number of hydrogen-bond acceptors (Lipinski definition) is 0. The Hall–Kier alpha value is -0.850. The van der Waals surface area contributed by atoms with Gasteiger partial charge in [-0.1, -0.05) is 43.2 Å². The molecule has 0 bridgehead atoms. The summed E-state index contributed by atoms with van der Waals surface area (Å²) in [6, 6.07) is 7.86. The molecule has 0 radical (unpaired) electrons. The topological polar surface area (TPSA) is 0 Å². The van der Waals surface area contributed by atoms with E-state index in [0.29, 0.717) is 18.8 Å². The molecule has 1 aromatic rings. The molecule has 1 aliphatic rings. The molecule has 14 heavy (non-hydrogen) atoms. The van der Waals surface area contributed by atoms with Gasteiger partial charge in [-0.25, -0.2) is 4.39 Å². The predicted octanol–water partition coefficient (Wildman–Crippen LogP) is 3.98. The lowest BCUT2D eigenvalue weighted by atomic mass is 9.68. The van der Waals surface area contributed by atoms with Crippen LogP contribution in [0, 0.1) is 12.8 Å². The minimum absolute atomic E-state index is 0.598. The van der Waals surface area contributed by atoms with Crippen LogP contribution < -0.4 is 0 Å². The van der Waals surface area contributed by atoms with Crippen LogP contribution in [0.3, 0.4) is 0 Å². The van der Waals surface area contributed by atoms with Crippen LogP contribution in [0.25, 0.3) is 0 Å². The van der Waals surface area contributed by atoms with Crippen LogP contribution in [0.2, 0.25) is 0 Å². The van der Waals surface area contributed by atoms with Crippen molar-refractivity contribution in [2.75, 3.05) is 0 Å². The zero-order valence-electron chi connectivity index (χ0n) is 8.89. The van der Waals surface area contributed by atoms with Crippen LogP contribution in [-0.2, 0) is 5.67 Å². The van der Waals surface area contributed by atoms with Gasteiger partial charge < -0.3 is 0 Å². The SMILES string of the molecule is CCC1CC(F)(c2ccc(C)cc2)C1. The number of alkyl halides is 1. The molecule has 0 nitrogen and oxygen atoms in total. The first-order valence-corrected chi connectivity index (χ1v) is 5.40. The molecule has 2 rings (SSSR count). The van der Waals surface area contributed by atoms with Crippen LogP contribution in [0.4, 0.5) is 4.39 Å². The highest BCUT2D eigenvalue weighted by Gasteiger charge is 2.44. The molecule has 1 aliphatic carbocycles. The fourth-order valence-electron chi connectivity index (χ4n) is 2.23. The van der Waals surface area contributed by atoms with E-state index in [1.165, 1.54) is 5.56 Å². The largest absolute Gasteiger partial charge is 0.239 e. The summed E-state index contributed by atoms with van der Waals surface area (Å²) in [6.07, 6.45) is 2.54. The van der Waals surface area contributed by atoms with E-state index >= 15 is 0 Å². The molecule has 0 aliphatic heterocycles. The summed E-state index contributed by atoms with van der Waals surface area (Å²) in [7, 11) is 0. The van der Waals surface area contributed by atoms with Crippen LogP contribution in [-0.4, -0.2) is 0 Å². The molecule has 1 saturated carbocycles. The number of hydrogen-bond donors (Lipinski definition) is 0. The highest BCUT2D eigenvalue weighted by atomic mass is 19.1. The molecule has 0 atom stereocenters. The Balaban J connectivity index is 2.13. The third-order valence-electron chi connectivity index (χ3n) is 3.37. The van der Waals surface area contributed by atoms with E-state index in [2.05, 4.69) is 6.92 Å². The number of rotatable bonds is 2. The third kappa shape index (κ3) is 1.56. The molecule has 0 amide bonds. The summed E-state index contributed by atoms with van der Waals surface area (Å²) in [4.78, 5) is 0. The van der Waals surface area contributed by atoms with Crippen LogP contribution in [0.15, 0.2) is 24.3 Å². The van der Waals surface area contributed by atoms with Gasteiger partial charge in [-0.2, -0.15) is 0 Å². The maximum Gasteiger partial charge on any atom is 0.136 e. The Labute approximate surface area is 85.1 Å². The molecule has 76 valence electrons. The second-order valence-electron chi connectivity index (χ2n) is 4.51. The van der Waals surface area contributed by atoms with Crippen molar-refractivity contribution in [2.24, 2.45) is 5.92 Å². The highest BCUT2D eigenvalue weighted by molar-refractivity contribution is 5.28. The van der Waals surface area contributed by atoms with Gasteiger partial charge in [-0.15, -0.1) is 0 Å². The van der Waals surface area contributed by atoms with Gasteiger partial charge in [0.15, 0.2) is 0 Å². The number of aryl methyl sites for hydroxylation is 1. The van der Waals surface area contributed by atoms with Crippen molar-refractivity contribution in [3.05, 3.63) is 35.4 Å². The number of halogens is 1. The molecular weight excluding hydrogens is 175 g/mol. The summed E-state index contributed by atoms with van der Waals surface area (Å²) in [5.74, 6) is 0.598. The average Bonchev–Trinajstić information content (AvgIpc) is 2.14. The van der Waals surface area contributed by atoms with Crippen LogP contribution >= 0.6 is 0 Å². The molecule has 0 N–H and O–H groups in total. The van der Waals surface area contributed by atoms with Gasteiger partial charge in [0.05, 0.1) is 0 Å². The van der Waals surface area contributed by atoms with E-state index in [4.69, 9.17) is 0 Å². The Bertz CT molecular complexity index is 307. The van der Waals surface area contributed by atoms with Gasteiger partial charge in [-0.05, 0) is 31.2 Å². The zero-order valence-corrected chi connectivity index (χ0v) is 8.89. The predicted molar refractivity (Wildman–Crippen MR) is 57.0 cm³/mol. The second-order valence-corrected chi connectivity index (χ2v) is 4.51. The van der Waals surface area contributed by atoms with Crippen molar-refractivity contribution >= 4 is 0 Å². The van der Waals surface area contributed by atoms with Gasteiger partial charge >= 0.3 is 0 Å². The first kappa shape index (κ1) is 9.70. The van der Waals surface area contributed by atoms with E-state index in [9.17, 15) is 4.39 Å². The molecule has 0 spiro atoms. The van der Waals surface area contributed by atoms with E-state index in [1.54, 1.807) is 0 Å². The smallest absolute Gasteiger partial charge is 0.136 e. The lowest BCUT2D eigenvalue weighted by molar-refractivity contribution is 0.00116. The zero-order chi connectivity index (χ0) is 10.2. The first-order valence-electron chi connectivity index (χ1n) is 5.40. The quantitative estimate of drug-likeness (QED) is 0.665. The minimum Gasteiger partial charge on any atom is -0.239 e. The lowest BCUT2D eigenvalue weighted by Crippen LogP contribution is -2.36. The van der Waals surface area contributed by atoms with Crippen LogP contribution in [0.1, 0.15) is 37.3 Å². The van der Waals surface area contributed by atoms with E-state index in [-0.39, 0.29) is 0 Å². The van der Waals surface area contributed by atoms with Gasteiger partial charge in [-0.3, -0.25) is 0 Å². The molecule has 0 heterocycles. The summed E-state index contributed by atoms with van der Waals surface area (Å²) >= 11 is 0. The van der Waals surface area contributed by atoms with Crippen LogP contribution in [0.5, 0.6) is 0 Å². The fourth-order valence-corrected chi connectivity index (χ4v) is 2.23. The van der Waals surface area contributed by atoms with Gasteiger partial charge in [0.2, 0.25) is 0 Å². The number of benzene rings is 1. The monoisotopic (exact) mass is 192 g/mol. The minimum atomic E-state index is -1.02. The standard InChI is InChI=1S/C13H17F/c1-3-11-8-13(14,9-11)12-6-4-10(2)5-7-12/h4-7,11H,3,8-9H2,1-2H3. The molecular formula is C13H17F. The summed E-state index contributed by atoms with van der Waals surface area (Å²) in [5, 5.41) is 0. The van der Waals surface area contributed by atoms with Gasteiger partial charge in [0.25, 0.3) is 0 Å². The van der Waals surface area contributed by atoms with Crippen molar-refractivity contribution in [3.8, 4) is 0 Å². The third-order valence-corrected chi connectivity index (χ3v) is 3.37. The average molecular weight is 192 g/mol. The molecule has 1 aromatic carbocycles. The van der Waals surface area contributed by atoms with Crippen molar-refractivity contribution < 1.29 is 4.39 Å². The fraction of sp³-hybridized carbons (Fsp3) is 0.538. The van der Waals surface area contributed by atoms with Gasteiger partial charge in [0, 0.05) is 0 Å². The van der Waals surface area contributed by atoms with Crippen molar-refractivity contribution in [3.63, 3.8) is 0 Å². The summed E-state index contributed by atoms with van der Waals surface area (Å²) in [5.41, 5.74) is 1.05. The molecule has 0 aromatic heterocycles.